The number of carboxylic acids is 1. The van der Waals surface area contributed by atoms with Gasteiger partial charge in [-0.2, -0.15) is 0 Å². The van der Waals surface area contributed by atoms with Gasteiger partial charge in [0, 0.05) is 12.8 Å². The largest absolute Gasteiger partial charge is 0.478 e. The van der Waals surface area contributed by atoms with Gasteiger partial charge in [0.15, 0.2) is 0 Å². The van der Waals surface area contributed by atoms with E-state index in [9.17, 15) is 9.59 Å². The van der Waals surface area contributed by atoms with Gasteiger partial charge in [-0.15, -0.1) is 12.6 Å². The van der Waals surface area contributed by atoms with Crippen LogP contribution in [0.1, 0.15) is 12.8 Å². The fourth-order valence-electron chi connectivity index (χ4n) is 1.59. The van der Waals surface area contributed by atoms with Gasteiger partial charge in [0.1, 0.15) is 0 Å². The van der Waals surface area contributed by atoms with E-state index in [0.29, 0.717) is 17.9 Å². The molecule has 1 amide bonds. The van der Waals surface area contributed by atoms with E-state index in [2.05, 4.69) is 12.6 Å². The van der Waals surface area contributed by atoms with Crippen LogP contribution in [0.25, 0.3) is 0 Å². The maximum absolute atomic E-state index is 10.9. The third-order valence-corrected chi connectivity index (χ3v) is 2.73. The van der Waals surface area contributed by atoms with Crippen LogP contribution in [-0.2, 0) is 9.59 Å². The number of hydrogen-bond acceptors (Lipinski definition) is 3. The van der Waals surface area contributed by atoms with Crippen LogP contribution < -0.4 is 0 Å². The highest BCUT2D eigenvalue weighted by atomic mass is 32.1. The number of carbonyl (C=O) groups excluding carboxylic acids is 1. The molecule has 64 valence electrons. The number of amides is 1. The second-order valence-corrected chi connectivity index (χ2v) is 3.36. The van der Waals surface area contributed by atoms with Crippen LogP contribution in [0.5, 0.6) is 0 Å². The van der Waals surface area contributed by atoms with Crippen molar-refractivity contribution < 1.29 is 14.7 Å². The molecule has 12 heavy (non-hydrogen) atoms. The summed E-state index contributed by atoms with van der Waals surface area (Å²) in [6, 6.07) is 0.0658. The third kappa shape index (κ3) is 0.797. The zero-order chi connectivity index (χ0) is 8.88. The highest BCUT2D eigenvalue weighted by Gasteiger charge is 2.45. The molecular weight excluding hydrogens is 178 g/mol. The predicted molar refractivity (Wildman–Crippen MR) is 43.5 cm³/mol. The van der Waals surface area contributed by atoms with Crippen LogP contribution in [0.3, 0.4) is 0 Å². The number of hydrogen-bond donors (Lipinski definition) is 2. The Balaban J connectivity index is 2.31. The first kappa shape index (κ1) is 7.67. The highest BCUT2D eigenvalue weighted by Crippen LogP contribution is 2.39. The lowest BCUT2D eigenvalue weighted by atomic mass is 10.0. The lowest BCUT2D eigenvalue weighted by Gasteiger charge is -2.34. The SMILES string of the molecule is O=C(O)C1=C(S)N2C(=O)C[C@H]2C1. The first-order valence-electron chi connectivity index (χ1n) is 3.58. The molecule has 0 spiro atoms. The zero-order valence-electron chi connectivity index (χ0n) is 6.15. The lowest BCUT2D eigenvalue weighted by molar-refractivity contribution is -0.140. The molecule has 2 rings (SSSR count). The van der Waals surface area contributed by atoms with Crippen LogP contribution in [0.15, 0.2) is 10.6 Å². The Morgan fingerprint density at radius 3 is 2.67 bits per heavy atom. The van der Waals surface area contributed by atoms with E-state index in [0.717, 1.165) is 0 Å². The predicted octanol–water partition coefficient (Wildman–Crippen LogP) is 0.217. The quantitative estimate of drug-likeness (QED) is 0.453. The normalized spacial score (nSPS) is 27.2. The van der Waals surface area contributed by atoms with Crippen molar-refractivity contribution in [2.75, 3.05) is 0 Å². The summed E-state index contributed by atoms with van der Waals surface area (Å²) in [5.74, 6) is -0.997. The molecule has 4 nitrogen and oxygen atoms in total. The molecule has 0 radical (unpaired) electrons. The topological polar surface area (TPSA) is 57.6 Å². The van der Waals surface area contributed by atoms with Crippen molar-refractivity contribution in [3.05, 3.63) is 10.6 Å². The van der Waals surface area contributed by atoms with Gasteiger partial charge >= 0.3 is 5.97 Å². The Bertz CT molecular complexity index is 310. The third-order valence-electron chi connectivity index (χ3n) is 2.24. The Hall–Kier alpha value is -0.970. The molecule has 2 heterocycles. The number of carboxylic acid groups (broad SMARTS) is 1. The van der Waals surface area contributed by atoms with Gasteiger partial charge in [-0.25, -0.2) is 4.79 Å². The van der Waals surface area contributed by atoms with Gasteiger partial charge in [0.2, 0.25) is 5.91 Å². The van der Waals surface area contributed by atoms with E-state index < -0.39 is 5.97 Å². The first-order chi connectivity index (χ1) is 5.61. The lowest BCUT2D eigenvalue weighted by Crippen LogP contribution is -2.47. The average Bonchev–Trinajstić information content (AvgIpc) is 2.20. The Labute approximate surface area is 74.3 Å². The first-order valence-corrected chi connectivity index (χ1v) is 4.03. The minimum absolute atomic E-state index is 0.0266. The molecule has 0 saturated carbocycles. The number of nitrogens with zero attached hydrogens (tertiary/aromatic N) is 1. The number of rotatable bonds is 1. The summed E-state index contributed by atoms with van der Waals surface area (Å²) in [4.78, 5) is 23.0. The van der Waals surface area contributed by atoms with Crippen LogP contribution in [-0.4, -0.2) is 27.9 Å². The smallest absolute Gasteiger partial charge is 0.334 e. The molecule has 0 aromatic carbocycles. The molecule has 1 atom stereocenters. The summed E-state index contributed by atoms with van der Waals surface area (Å²) in [5, 5.41) is 9.01. The molecule has 1 fully saturated rings. The summed E-state index contributed by atoms with van der Waals surface area (Å²) in [6.45, 7) is 0. The van der Waals surface area contributed by atoms with E-state index in [1.165, 1.54) is 4.90 Å². The molecule has 0 aromatic rings. The summed E-state index contributed by atoms with van der Waals surface area (Å²) in [7, 11) is 0. The second kappa shape index (κ2) is 2.26. The number of thiol groups is 1. The Morgan fingerprint density at radius 1 is 1.58 bits per heavy atom. The average molecular weight is 185 g/mol. The molecule has 1 saturated heterocycles. The molecule has 0 aromatic heterocycles. The van der Waals surface area contributed by atoms with Crippen LogP contribution >= 0.6 is 12.6 Å². The fourth-order valence-corrected chi connectivity index (χ4v) is 2.05. The zero-order valence-corrected chi connectivity index (χ0v) is 7.04. The molecular formula is C7H7NO3S. The second-order valence-electron chi connectivity index (χ2n) is 2.93. The molecule has 2 aliphatic heterocycles. The summed E-state index contributed by atoms with van der Waals surface area (Å²) < 4.78 is 0. The summed E-state index contributed by atoms with van der Waals surface area (Å²) >= 11 is 4.00. The highest BCUT2D eigenvalue weighted by molar-refractivity contribution is 7.84. The minimum Gasteiger partial charge on any atom is -0.478 e. The molecule has 5 heteroatoms. The number of fused-ring (bicyclic) bond motifs is 1. The fraction of sp³-hybridized carbons (Fsp3) is 0.429. The maximum atomic E-state index is 10.9. The van der Waals surface area contributed by atoms with E-state index in [-0.39, 0.29) is 17.5 Å². The number of β-lactam (4-membered cyclic amide) rings is 1. The van der Waals surface area contributed by atoms with Crippen molar-refractivity contribution in [1.82, 2.24) is 4.90 Å². The van der Waals surface area contributed by atoms with Gasteiger partial charge in [-0.05, 0) is 0 Å². The molecule has 2 aliphatic rings. The Kier molecular flexibility index (Phi) is 1.44. The molecule has 0 bridgehead atoms. The minimum atomic E-state index is -0.970. The molecule has 0 aliphatic carbocycles. The van der Waals surface area contributed by atoms with Crippen molar-refractivity contribution in [2.24, 2.45) is 0 Å². The van der Waals surface area contributed by atoms with Crippen LogP contribution in [0, 0.1) is 0 Å². The van der Waals surface area contributed by atoms with Gasteiger partial charge in [-0.1, -0.05) is 0 Å². The molecule has 0 unspecified atom stereocenters. The monoisotopic (exact) mass is 185 g/mol. The van der Waals surface area contributed by atoms with Crippen molar-refractivity contribution in [1.29, 1.82) is 0 Å². The van der Waals surface area contributed by atoms with Crippen molar-refractivity contribution >= 4 is 24.5 Å². The maximum Gasteiger partial charge on any atom is 0.334 e. The standard InChI is InChI=1S/C7H7NO3S/c9-5-2-3-1-4(7(10)11)6(12)8(3)5/h3,12H,1-2H2,(H,10,11)/t3-/m1/s1. The molecule has 1 N–H and O–H groups in total. The summed E-state index contributed by atoms with van der Waals surface area (Å²) in [6.07, 6.45) is 0.904. The van der Waals surface area contributed by atoms with Gasteiger partial charge < -0.3 is 10.0 Å². The van der Waals surface area contributed by atoms with Crippen molar-refractivity contribution in [3.63, 3.8) is 0 Å². The van der Waals surface area contributed by atoms with E-state index in [1.807, 2.05) is 0 Å². The van der Waals surface area contributed by atoms with Crippen LogP contribution in [0.2, 0.25) is 0 Å². The number of carbonyl (C=O) groups is 2. The van der Waals surface area contributed by atoms with Crippen molar-refractivity contribution in [3.8, 4) is 0 Å². The van der Waals surface area contributed by atoms with E-state index >= 15 is 0 Å². The van der Waals surface area contributed by atoms with Gasteiger partial charge in [-0.3, -0.25) is 4.79 Å². The van der Waals surface area contributed by atoms with Gasteiger partial charge in [0.05, 0.1) is 16.6 Å². The number of aliphatic carboxylic acids is 1. The van der Waals surface area contributed by atoms with Gasteiger partial charge in [0.25, 0.3) is 0 Å². The Morgan fingerprint density at radius 2 is 2.25 bits per heavy atom. The van der Waals surface area contributed by atoms with Crippen LogP contribution in [0.4, 0.5) is 0 Å². The van der Waals surface area contributed by atoms with E-state index in [4.69, 9.17) is 5.11 Å². The van der Waals surface area contributed by atoms with Crippen molar-refractivity contribution in [2.45, 2.75) is 18.9 Å². The van der Waals surface area contributed by atoms with E-state index in [1.54, 1.807) is 0 Å². The summed E-state index contributed by atoms with van der Waals surface area (Å²) in [5.41, 5.74) is 0.259.